The summed E-state index contributed by atoms with van der Waals surface area (Å²) in [4.78, 5) is 26.9. The van der Waals surface area contributed by atoms with Gasteiger partial charge in [0.1, 0.15) is 0 Å². The first-order valence-corrected chi connectivity index (χ1v) is 8.93. The van der Waals surface area contributed by atoms with Crippen LogP contribution in [0.25, 0.3) is 0 Å². The number of halogens is 1. The molecular weight excluding hydrogens is 360 g/mol. The van der Waals surface area contributed by atoms with Gasteiger partial charge in [-0.3, -0.25) is 9.59 Å². The van der Waals surface area contributed by atoms with Crippen molar-refractivity contribution in [3.05, 3.63) is 101 Å². The number of carbonyl (C=O) groups excluding carboxylic acids is 2. The van der Waals surface area contributed by atoms with Gasteiger partial charge in [0.25, 0.3) is 0 Å². The van der Waals surface area contributed by atoms with E-state index in [9.17, 15) is 9.59 Å². The Kier molecular flexibility index (Phi) is 6.23. The summed E-state index contributed by atoms with van der Waals surface area (Å²) in [5, 5.41) is 3.11. The van der Waals surface area contributed by atoms with Gasteiger partial charge in [-0.25, -0.2) is 0 Å². The van der Waals surface area contributed by atoms with Crippen LogP contribution in [0.4, 0.5) is 5.69 Å². The zero-order valence-corrected chi connectivity index (χ0v) is 15.4. The smallest absolute Gasteiger partial charge is 0.313 e. The minimum absolute atomic E-state index is 0.345. The molecule has 3 aromatic rings. The normalized spacial score (nSPS) is 10.3. The summed E-state index contributed by atoms with van der Waals surface area (Å²) < 4.78 is 0. The third-order valence-corrected chi connectivity index (χ3v) is 4.23. The Balaban J connectivity index is 1.77. The van der Waals surface area contributed by atoms with Crippen LogP contribution in [0.5, 0.6) is 0 Å². The summed E-state index contributed by atoms with van der Waals surface area (Å²) in [6.45, 7) is 0.690. The lowest BCUT2D eigenvalue weighted by atomic mass is 10.1. The Morgan fingerprint density at radius 1 is 0.778 bits per heavy atom. The van der Waals surface area contributed by atoms with Crippen LogP contribution in [0.15, 0.2) is 84.9 Å². The zero-order valence-electron chi connectivity index (χ0n) is 14.6. The molecule has 0 aliphatic carbocycles. The molecule has 27 heavy (non-hydrogen) atoms. The largest absolute Gasteiger partial charge is 0.326 e. The van der Waals surface area contributed by atoms with Crippen molar-refractivity contribution < 1.29 is 9.59 Å². The van der Waals surface area contributed by atoms with E-state index in [0.29, 0.717) is 23.8 Å². The molecule has 1 N–H and O–H groups in total. The van der Waals surface area contributed by atoms with Crippen molar-refractivity contribution in [3.63, 3.8) is 0 Å². The molecule has 4 nitrogen and oxygen atoms in total. The third-order valence-electron chi connectivity index (χ3n) is 4.00. The van der Waals surface area contributed by atoms with Gasteiger partial charge in [0.05, 0.1) is 0 Å². The zero-order chi connectivity index (χ0) is 19.1. The number of carbonyl (C=O) groups is 2. The Morgan fingerprint density at radius 3 is 1.85 bits per heavy atom. The third kappa shape index (κ3) is 5.43. The van der Waals surface area contributed by atoms with Gasteiger partial charge in [0.15, 0.2) is 0 Å². The number of nitrogens with one attached hydrogen (secondary N) is 1. The van der Waals surface area contributed by atoms with E-state index in [4.69, 9.17) is 11.6 Å². The van der Waals surface area contributed by atoms with Crippen LogP contribution in [0, 0.1) is 0 Å². The first kappa shape index (κ1) is 18.7. The molecule has 0 aromatic heterocycles. The van der Waals surface area contributed by atoms with Gasteiger partial charge in [-0.2, -0.15) is 0 Å². The Bertz CT molecular complexity index is 872. The first-order chi connectivity index (χ1) is 13.1. The average molecular weight is 379 g/mol. The molecule has 0 aliphatic heterocycles. The van der Waals surface area contributed by atoms with E-state index < -0.39 is 11.8 Å². The van der Waals surface area contributed by atoms with Crippen LogP contribution in [-0.2, 0) is 22.7 Å². The highest BCUT2D eigenvalue weighted by molar-refractivity contribution is 6.39. The molecule has 5 heteroatoms. The van der Waals surface area contributed by atoms with E-state index in [2.05, 4.69) is 5.32 Å². The van der Waals surface area contributed by atoms with Crippen LogP contribution >= 0.6 is 11.6 Å². The summed E-state index contributed by atoms with van der Waals surface area (Å²) in [5.41, 5.74) is 2.40. The van der Waals surface area contributed by atoms with E-state index in [-0.39, 0.29) is 0 Å². The molecule has 3 rings (SSSR count). The van der Waals surface area contributed by atoms with E-state index in [1.165, 1.54) is 4.90 Å². The molecule has 0 aliphatic rings. The highest BCUT2D eigenvalue weighted by atomic mass is 35.5. The topological polar surface area (TPSA) is 49.4 Å². The summed E-state index contributed by atoms with van der Waals surface area (Å²) in [6.07, 6.45) is 0. The van der Waals surface area contributed by atoms with Crippen LogP contribution in [0.1, 0.15) is 11.1 Å². The maximum atomic E-state index is 12.8. The maximum absolute atomic E-state index is 12.8. The van der Waals surface area contributed by atoms with Crippen LogP contribution in [0.2, 0.25) is 5.02 Å². The number of benzene rings is 3. The fourth-order valence-electron chi connectivity index (χ4n) is 2.70. The fraction of sp³-hybridized carbons (Fsp3) is 0.0909. The lowest BCUT2D eigenvalue weighted by Gasteiger charge is -2.22. The Labute approximate surface area is 163 Å². The summed E-state index contributed by atoms with van der Waals surface area (Å²) in [6, 6.07) is 25.9. The second kappa shape index (κ2) is 9.01. The van der Waals surface area contributed by atoms with Crippen molar-refractivity contribution in [3.8, 4) is 0 Å². The predicted octanol–water partition coefficient (Wildman–Crippen LogP) is 4.51. The van der Waals surface area contributed by atoms with Gasteiger partial charge in [-0.1, -0.05) is 78.3 Å². The highest BCUT2D eigenvalue weighted by Gasteiger charge is 2.22. The molecular formula is C22H19ClN2O2. The second-order valence-electron chi connectivity index (χ2n) is 6.10. The van der Waals surface area contributed by atoms with Gasteiger partial charge in [0.2, 0.25) is 0 Å². The Hall–Kier alpha value is -3.11. The molecule has 3 aromatic carbocycles. The lowest BCUT2D eigenvalue weighted by Crippen LogP contribution is -2.38. The maximum Gasteiger partial charge on any atom is 0.313 e. The number of hydrogen-bond donors (Lipinski definition) is 1. The van der Waals surface area contributed by atoms with E-state index in [0.717, 1.165) is 11.1 Å². The standard InChI is InChI=1S/C22H19ClN2O2/c23-19-12-7-13-20(14-19)24-21(26)22(27)25(15-17-8-3-1-4-9-17)16-18-10-5-2-6-11-18/h1-14H,15-16H2,(H,24,26). The molecule has 0 radical (unpaired) electrons. The predicted molar refractivity (Wildman–Crippen MR) is 107 cm³/mol. The van der Waals surface area contributed by atoms with Gasteiger partial charge in [-0.05, 0) is 29.3 Å². The van der Waals surface area contributed by atoms with Crippen molar-refractivity contribution in [2.24, 2.45) is 0 Å². The molecule has 0 heterocycles. The second-order valence-corrected chi connectivity index (χ2v) is 6.53. The van der Waals surface area contributed by atoms with Crippen LogP contribution < -0.4 is 5.32 Å². The summed E-state index contributed by atoms with van der Waals surface area (Å²) in [7, 11) is 0. The van der Waals surface area contributed by atoms with Gasteiger partial charge < -0.3 is 10.2 Å². The minimum atomic E-state index is -0.691. The molecule has 0 spiro atoms. The number of nitrogens with zero attached hydrogens (tertiary/aromatic N) is 1. The molecule has 0 bridgehead atoms. The lowest BCUT2D eigenvalue weighted by molar-refractivity contribution is -0.144. The van der Waals surface area contributed by atoms with E-state index >= 15 is 0 Å². The number of rotatable bonds is 5. The van der Waals surface area contributed by atoms with Crippen molar-refractivity contribution in [1.82, 2.24) is 4.90 Å². The van der Waals surface area contributed by atoms with Crippen molar-refractivity contribution in [2.75, 3.05) is 5.32 Å². The van der Waals surface area contributed by atoms with Crippen molar-refractivity contribution in [1.29, 1.82) is 0 Å². The van der Waals surface area contributed by atoms with E-state index in [1.807, 2.05) is 60.7 Å². The molecule has 0 fully saturated rings. The van der Waals surface area contributed by atoms with Crippen molar-refractivity contribution >= 4 is 29.1 Å². The molecule has 0 saturated carbocycles. The van der Waals surface area contributed by atoms with E-state index in [1.54, 1.807) is 24.3 Å². The van der Waals surface area contributed by atoms with Gasteiger partial charge in [-0.15, -0.1) is 0 Å². The molecule has 0 saturated heterocycles. The van der Waals surface area contributed by atoms with Crippen LogP contribution in [0.3, 0.4) is 0 Å². The monoisotopic (exact) mass is 378 g/mol. The molecule has 136 valence electrons. The average Bonchev–Trinajstić information content (AvgIpc) is 2.68. The van der Waals surface area contributed by atoms with Gasteiger partial charge in [0, 0.05) is 23.8 Å². The van der Waals surface area contributed by atoms with Crippen LogP contribution in [-0.4, -0.2) is 16.7 Å². The Morgan fingerprint density at radius 2 is 1.33 bits per heavy atom. The highest BCUT2D eigenvalue weighted by Crippen LogP contribution is 2.16. The SMILES string of the molecule is O=C(Nc1cccc(Cl)c1)C(=O)N(Cc1ccccc1)Cc1ccccc1. The fourth-order valence-corrected chi connectivity index (χ4v) is 2.89. The summed E-state index contributed by atoms with van der Waals surface area (Å²) >= 11 is 5.94. The number of hydrogen-bond acceptors (Lipinski definition) is 2. The van der Waals surface area contributed by atoms with Crippen molar-refractivity contribution in [2.45, 2.75) is 13.1 Å². The molecule has 0 unspecified atom stereocenters. The first-order valence-electron chi connectivity index (χ1n) is 8.55. The number of anilines is 1. The molecule has 0 atom stereocenters. The molecule has 2 amide bonds. The summed E-state index contributed by atoms with van der Waals surface area (Å²) in [5.74, 6) is -1.29. The quantitative estimate of drug-likeness (QED) is 0.664. The van der Waals surface area contributed by atoms with Gasteiger partial charge >= 0.3 is 11.8 Å². The number of amides is 2. The minimum Gasteiger partial charge on any atom is -0.326 e.